The highest BCUT2D eigenvalue weighted by molar-refractivity contribution is 7.11. The van der Waals surface area contributed by atoms with Crippen LogP contribution in [0.2, 0.25) is 0 Å². The molecule has 2 aromatic heterocycles. The van der Waals surface area contributed by atoms with Crippen LogP contribution in [0.1, 0.15) is 15.2 Å². The van der Waals surface area contributed by atoms with Crippen LogP contribution in [0.3, 0.4) is 0 Å². The highest BCUT2D eigenvalue weighted by Crippen LogP contribution is 2.17. The molecule has 0 saturated heterocycles. The summed E-state index contributed by atoms with van der Waals surface area (Å²) in [5, 5.41) is 19.8. The van der Waals surface area contributed by atoms with Gasteiger partial charge in [-0.2, -0.15) is 5.10 Å². The highest BCUT2D eigenvalue weighted by Gasteiger charge is 2.09. The second-order valence-corrected chi connectivity index (χ2v) is 4.27. The minimum absolute atomic E-state index is 0.112. The first-order valence-electron chi connectivity index (χ1n) is 5.10. The molecular formula is C11H8N4O3S. The van der Waals surface area contributed by atoms with Crippen molar-refractivity contribution in [1.82, 2.24) is 15.2 Å². The lowest BCUT2D eigenvalue weighted by atomic mass is 10.3. The maximum Gasteiger partial charge on any atom is 0.328 e. The molecule has 0 saturated carbocycles. The molecule has 0 fully saturated rings. The van der Waals surface area contributed by atoms with Crippen molar-refractivity contribution in [1.29, 1.82) is 0 Å². The van der Waals surface area contributed by atoms with Crippen molar-refractivity contribution in [2.45, 2.75) is 0 Å². The SMILES string of the molecule is O=C(O)/C=C/c1cc(C(=O)Nc2nccnn2)cs1. The number of thiophene rings is 1. The molecule has 19 heavy (non-hydrogen) atoms. The summed E-state index contributed by atoms with van der Waals surface area (Å²) in [7, 11) is 0. The zero-order valence-corrected chi connectivity index (χ0v) is 10.3. The number of carboxylic acids is 1. The lowest BCUT2D eigenvalue weighted by molar-refractivity contribution is -0.131. The molecule has 0 spiro atoms. The van der Waals surface area contributed by atoms with Crippen LogP contribution >= 0.6 is 11.3 Å². The van der Waals surface area contributed by atoms with Crippen LogP contribution in [0, 0.1) is 0 Å². The van der Waals surface area contributed by atoms with Crippen LogP contribution < -0.4 is 5.32 Å². The maximum atomic E-state index is 11.8. The minimum Gasteiger partial charge on any atom is -0.478 e. The molecule has 0 aliphatic heterocycles. The fourth-order valence-electron chi connectivity index (χ4n) is 1.19. The Morgan fingerprint density at radius 1 is 1.37 bits per heavy atom. The molecule has 7 nitrogen and oxygen atoms in total. The van der Waals surface area contributed by atoms with E-state index in [-0.39, 0.29) is 11.9 Å². The lowest BCUT2D eigenvalue weighted by Gasteiger charge is -1.98. The first-order valence-corrected chi connectivity index (χ1v) is 5.97. The summed E-state index contributed by atoms with van der Waals surface area (Å²) in [5.74, 6) is -1.30. The molecule has 2 N–H and O–H groups in total. The van der Waals surface area contributed by atoms with Crippen LogP contribution in [0.5, 0.6) is 0 Å². The molecule has 8 heteroatoms. The first-order chi connectivity index (χ1) is 9.15. The van der Waals surface area contributed by atoms with Crippen molar-refractivity contribution in [2.24, 2.45) is 0 Å². The number of aromatic nitrogens is 3. The number of anilines is 1. The number of amides is 1. The number of rotatable bonds is 4. The highest BCUT2D eigenvalue weighted by atomic mass is 32.1. The van der Waals surface area contributed by atoms with E-state index in [0.29, 0.717) is 10.4 Å². The summed E-state index contributed by atoms with van der Waals surface area (Å²) < 4.78 is 0. The first kappa shape index (κ1) is 12.8. The van der Waals surface area contributed by atoms with E-state index in [1.54, 1.807) is 11.4 Å². The Labute approximate surface area is 111 Å². The number of carbonyl (C=O) groups is 2. The third-order valence-electron chi connectivity index (χ3n) is 1.98. The molecule has 2 aromatic rings. The number of carbonyl (C=O) groups excluding carboxylic acids is 1. The van der Waals surface area contributed by atoms with Gasteiger partial charge in [-0.05, 0) is 12.1 Å². The van der Waals surface area contributed by atoms with Crippen LogP contribution in [0.4, 0.5) is 5.95 Å². The van der Waals surface area contributed by atoms with Gasteiger partial charge < -0.3 is 5.11 Å². The summed E-state index contributed by atoms with van der Waals surface area (Å²) in [5.41, 5.74) is 0.405. The van der Waals surface area contributed by atoms with Crippen LogP contribution in [-0.2, 0) is 4.79 Å². The van der Waals surface area contributed by atoms with E-state index in [1.807, 2.05) is 0 Å². The van der Waals surface area contributed by atoms with Gasteiger partial charge in [-0.25, -0.2) is 9.78 Å². The number of carboxylic acid groups (broad SMARTS) is 1. The van der Waals surface area contributed by atoms with Gasteiger partial charge in [0, 0.05) is 16.3 Å². The molecule has 96 valence electrons. The monoisotopic (exact) mass is 276 g/mol. The molecule has 2 heterocycles. The second-order valence-electron chi connectivity index (χ2n) is 3.33. The van der Waals surface area contributed by atoms with E-state index >= 15 is 0 Å². The van der Waals surface area contributed by atoms with E-state index in [0.717, 1.165) is 6.08 Å². The molecule has 0 aliphatic carbocycles. The van der Waals surface area contributed by atoms with Gasteiger partial charge in [0.05, 0.1) is 18.0 Å². The molecule has 0 aliphatic rings. The summed E-state index contributed by atoms with van der Waals surface area (Å²) in [6, 6.07) is 1.58. The smallest absolute Gasteiger partial charge is 0.328 e. The average molecular weight is 276 g/mol. The van der Waals surface area contributed by atoms with Gasteiger partial charge in [0.25, 0.3) is 5.91 Å². The van der Waals surface area contributed by atoms with E-state index in [2.05, 4.69) is 20.5 Å². The quantitative estimate of drug-likeness (QED) is 0.815. The standard InChI is InChI=1S/C11H8N4O3S/c16-9(17)2-1-8-5-7(6-19-8)10(18)14-11-12-3-4-13-15-11/h1-6H,(H,16,17)(H,12,14,15,18)/b2-1+. The Hall–Kier alpha value is -2.61. The van der Waals surface area contributed by atoms with Crippen molar-refractivity contribution in [3.8, 4) is 0 Å². The molecule has 0 radical (unpaired) electrons. The summed E-state index contributed by atoms with van der Waals surface area (Å²) in [4.78, 5) is 26.7. The summed E-state index contributed by atoms with van der Waals surface area (Å²) in [6.07, 6.45) is 5.24. The van der Waals surface area contributed by atoms with Crippen molar-refractivity contribution < 1.29 is 14.7 Å². The molecule has 0 bridgehead atoms. The topological polar surface area (TPSA) is 105 Å². The Kier molecular flexibility index (Phi) is 3.94. The van der Waals surface area contributed by atoms with Crippen LogP contribution in [0.25, 0.3) is 6.08 Å². The molecule has 0 unspecified atom stereocenters. The number of aliphatic carboxylic acids is 1. The van der Waals surface area contributed by atoms with Crippen LogP contribution in [0.15, 0.2) is 29.9 Å². The van der Waals surface area contributed by atoms with Gasteiger partial charge in [0.15, 0.2) is 0 Å². The predicted octanol–water partition coefficient (Wildman–Crippen LogP) is 1.28. The van der Waals surface area contributed by atoms with Gasteiger partial charge in [-0.15, -0.1) is 16.4 Å². The van der Waals surface area contributed by atoms with E-state index in [4.69, 9.17) is 5.11 Å². The fourth-order valence-corrected chi connectivity index (χ4v) is 1.97. The molecule has 1 amide bonds. The number of hydrogen-bond donors (Lipinski definition) is 2. The Morgan fingerprint density at radius 3 is 2.89 bits per heavy atom. The average Bonchev–Trinajstić information content (AvgIpc) is 2.86. The van der Waals surface area contributed by atoms with Gasteiger partial charge in [0.1, 0.15) is 0 Å². The summed E-state index contributed by atoms with van der Waals surface area (Å²) in [6.45, 7) is 0. The van der Waals surface area contributed by atoms with E-state index in [1.165, 1.54) is 29.8 Å². The lowest BCUT2D eigenvalue weighted by Crippen LogP contribution is -2.13. The molecular weight excluding hydrogens is 268 g/mol. The van der Waals surface area contributed by atoms with Crippen LogP contribution in [-0.4, -0.2) is 32.2 Å². The van der Waals surface area contributed by atoms with E-state index in [9.17, 15) is 9.59 Å². The predicted molar refractivity (Wildman–Crippen MR) is 68.8 cm³/mol. The normalized spacial score (nSPS) is 10.5. The van der Waals surface area contributed by atoms with Crippen molar-refractivity contribution >= 4 is 35.2 Å². The van der Waals surface area contributed by atoms with Gasteiger partial charge in [0.2, 0.25) is 5.95 Å². The number of hydrogen-bond acceptors (Lipinski definition) is 6. The minimum atomic E-state index is -1.04. The Bertz CT molecular complexity index is 624. The second kappa shape index (κ2) is 5.83. The zero-order chi connectivity index (χ0) is 13.7. The van der Waals surface area contributed by atoms with Crippen molar-refractivity contribution in [3.05, 3.63) is 40.4 Å². The Morgan fingerprint density at radius 2 is 2.21 bits per heavy atom. The van der Waals surface area contributed by atoms with Gasteiger partial charge in [-0.1, -0.05) is 0 Å². The summed E-state index contributed by atoms with van der Waals surface area (Å²) >= 11 is 1.26. The third kappa shape index (κ3) is 3.68. The van der Waals surface area contributed by atoms with Crippen molar-refractivity contribution in [3.63, 3.8) is 0 Å². The third-order valence-corrected chi connectivity index (χ3v) is 2.88. The zero-order valence-electron chi connectivity index (χ0n) is 9.48. The molecule has 2 rings (SSSR count). The Balaban J connectivity index is 2.06. The maximum absolute atomic E-state index is 11.8. The molecule has 0 atom stereocenters. The number of nitrogens with one attached hydrogen (secondary N) is 1. The largest absolute Gasteiger partial charge is 0.478 e. The van der Waals surface area contributed by atoms with E-state index < -0.39 is 5.97 Å². The van der Waals surface area contributed by atoms with Gasteiger partial charge in [-0.3, -0.25) is 10.1 Å². The fraction of sp³-hybridized carbons (Fsp3) is 0. The van der Waals surface area contributed by atoms with Crippen molar-refractivity contribution in [2.75, 3.05) is 5.32 Å². The molecule has 0 aromatic carbocycles. The van der Waals surface area contributed by atoms with Gasteiger partial charge >= 0.3 is 5.97 Å². The number of nitrogens with zero attached hydrogens (tertiary/aromatic N) is 3.